The van der Waals surface area contributed by atoms with Crippen molar-refractivity contribution >= 4 is 23.1 Å². The van der Waals surface area contributed by atoms with Gasteiger partial charge in [-0.2, -0.15) is 4.98 Å². The van der Waals surface area contributed by atoms with Crippen LogP contribution in [0.2, 0.25) is 0 Å². The lowest BCUT2D eigenvalue weighted by molar-refractivity contribution is -0.384. The average molecular weight is 382 g/mol. The minimum Gasteiger partial charge on any atom is -0.496 e. The number of rotatable bonds is 8. The van der Waals surface area contributed by atoms with Gasteiger partial charge >= 0.3 is 0 Å². The van der Waals surface area contributed by atoms with Crippen molar-refractivity contribution in [3.63, 3.8) is 0 Å². The van der Waals surface area contributed by atoms with Crippen LogP contribution in [0.1, 0.15) is 0 Å². The van der Waals surface area contributed by atoms with Crippen molar-refractivity contribution in [2.24, 2.45) is 0 Å². The van der Waals surface area contributed by atoms with E-state index >= 15 is 0 Å². The van der Waals surface area contributed by atoms with Crippen LogP contribution in [0.5, 0.6) is 5.75 Å². The van der Waals surface area contributed by atoms with Crippen molar-refractivity contribution in [2.75, 3.05) is 30.9 Å². The molecule has 0 bridgehead atoms. The second-order valence-corrected chi connectivity index (χ2v) is 5.59. The van der Waals surface area contributed by atoms with E-state index in [1.54, 1.807) is 36.5 Å². The normalized spacial score (nSPS) is 10.4. The van der Waals surface area contributed by atoms with Crippen LogP contribution in [0.4, 0.5) is 23.1 Å². The molecule has 0 amide bonds. The maximum absolute atomic E-state index is 11.4. The summed E-state index contributed by atoms with van der Waals surface area (Å²) < 4.78 is 5.05. The number of aliphatic hydroxyl groups is 1. The van der Waals surface area contributed by atoms with E-state index in [2.05, 4.69) is 25.6 Å². The molecule has 3 aromatic rings. The minimum atomic E-state index is -0.503. The van der Waals surface area contributed by atoms with Gasteiger partial charge in [-0.15, -0.1) is 0 Å². The molecular weight excluding hydrogens is 364 g/mol. The van der Waals surface area contributed by atoms with Crippen molar-refractivity contribution in [1.82, 2.24) is 15.0 Å². The number of nitro benzene ring substituents is 1. The number of hydrogen-bond donors (Lipinski definition) is 3. The zero-order valence-corrected chi connectivity index (χ0v) is 15.0. The van der Waals surface area contributed by atoms with E-state index in [-0.39, 0.29) is 30.5 Å². The van der Waals surface area contributed by atoms with Gasteiger partial charge in [0.05, 0.1) is 36.1 Å². The molecule has 2 aromatic heterocycles. The molecule has 3 rings (SSSR count). The third-order valence-electron chi connectivity index (χ3n) is 3.71. The Morgan fingerprint density at radius 2 is 2.04 bits per heavy atom. The van der Waals surface area contributed by atoms with Crippen molar-refractivity contribution in [3.8, 4) is 17.1 Å². The van der Waals surface area contributed by atoms with Crippen LogP contribution in [-0.2, 0) is 0 Å². The van der Waals surface area contributed by atoms with E-state index in [0.29, 0.717) is 23.0 Å². The number of nitrogens with zero attached hydrogens (tertiary/aromatic N) is 4. The number of pyridine rings is 1. The number of aliphatic hydroxyl groups excluding tert-OH is 1. The molecule has 0 aliphatic carbocycles. The first-order chi connectivity index (χ1) is 13.6. The number of nitro groups is 1. The number of anilines is 3. The third-order valence-corrected chi connectivity index (χ3v) is 3.71. The Bertz CT molecular complexity index is 968. The molecule has 10 heteroatoms. The van der Waals surface area contributed by atoms with Crippen LogP contribution in [0, 0.1) is 10.1 Å². The summed E-state index contributed by atoms with van der Waals surface area (Å²) in [6.45, 7) is 0.164. The molecule has 0 fully saturated rings. The Kier molecular flexibility index (Phi) is 5.92. The molecular formula is C18H18N6O4. The summed E-state index contributed by atoms with van der Waals surface area (Å²) >= 11 is 0. The standard InChI is InChI=1S/C18H18N6O4/c1-28-12-5-6-14(16(10-12)24(26)27)21-17-11-15(13-4-2-3-7-19-13)22-18(23-17)20-8-9-25/h2-7,10-11,25H,8-9H2,1H3,(H2,20,21,22,23). The average Bonchev–Trinajstić information content (AvgIpc) is 2.73. The van der Waals surface area contributed by atoms with Gasteiger partial charge in [-0.3, -0.25) is 15.1 Å². The molecule has 0 saturated carbocycles. The smallest absolute Gasteiger partial charge is 0.296 e. The van der Waals surface area contributed by atoms with Gasteiger partial charge in [-0.1, -0.05) is 6.07 Å². The summed E-state index contributed by atoms with van der Waals surface area (Å²) in [5, 5.41) is 26.3. The second-order valence-electron chi connectivity index (χ2n) is 5.59. The summed E-state index contributed by atoms with van der Waals surface area (Å²) in [5.74, 6) is 0.972. The summed E-state index contributed by atoms with van der Waals surface area (Å²) in [6.07, 6.45) is 1.64. The van der Waals surface area contributed by atoms with Gasteiger partial charge in [0.25, 0.3) is 5.69 Å². The second kappa shape index (κ2) is 8.73. The molecule has 0 aliphatic rings. The number of nitrogens with one attached hydrogen (secondary N) is 2. The number of aromatic nitrogens is 3. The fourth-order valence-corrected chi connectivity index (χ4v) is 2.44. The van der Waals surface area contributed by atoms with Crippen LogP contribution in [0.15, 0.2) is 48.7 Å². The highest BCUT2D eigenvalue weighted by Crippen LogP contribution is 2.31. The third kappa shape index (κ3) is 4.48. The molecule has 0 spiro atoms. The first-order valence-corrected chi connectivity index (χ1v) is 8.35. The molecule has 1 aromatic carbocycles. The Morgan fingerprint density at radius 1 is 1.18 bits per heavy atom. The van der Waals surface area contributed by atoms with E-state index in [4.69, 9.17) is 9.84 Å². The van der Waals surface area contributed by atoms with Crippen LogP contribution in [0.25, 0.3) is 11.4 Å². The van der Waals surface area contributed by atoms with Crippen LogP contribution in [-0.4, -0.2) is 45.2 Å². The molecule has 0 unspecified atom stereocenters. The van der Waals surface area contributed by atoms with Crippen molar-refractivity contribution in [3.05, 3.63) is 58.8 Å². The monoisotopic (exact) mass is 382 g/mol. The SMILES string of the molecule is COc1ccc(Nc2cc(-c3ccccn3)nc(NCCO)n2)c([N+](=O)[O-])c1. The quantitative estimate of drug-likeness (QED) is 0.397. The lowest BCUT2D eigenvalue weighted by Crippen LogP contribution is -2.10. The van der Waals surface area contributed by atoms with E-state index in [9.17, 15) is 10.1 Å². The number of ether oxygens (including phenoxy) is 1. The molecule has 10 nitrogen and oxygen atoms in total. The van der Waals surface area contributed by atoms with E-state index in [1.165, 1.54) is 13.2 Å². The molecule has 144 valence electrons. The molecule has 0 aliphatic heterocycles. The topological polar surface area (TPSA) is 135 Å². The summed E-state index contributed by atoms with van der Waals surface area (Å²) in [5.41, 5.74) is 1.24. The Labute approximate surface area is 160 Å². The van der Waals surface area contributed by atoms with Crippen molar-refractivity contribution in [1.29, 1.82) is 0 Å². The van der Waals surface area contributed by atoms with Gasteiger partial charge in [0.1, 0.15) is 17.3 Å². The van der Waals surface area contributed by atoms with Crippen LogP contribution in [0.3, 0.4) is 0 Å². The van der Waals surface area contributed by atoms with E-state index in [1.807, 2.05) is 6.07 Å². The molecule has 2 heterocycles. The van der Waals surface area contributed by atoms with Gasteiger partial charge in [0.15, 0.2) is 0 Å². The van der Waals surface area contributed by atoms with Gasteiger partial charge < -0.3 is 20.5 Å². The highest BCUT2D eigenvalue weighted by molar-refractivity contribution is 5.72. The molecule has 28 heavy (non-hydrogen) atoms. The van der Waals surface area contributed by atoms with E-state index < -0.39 is 4.92 Å². The Morgan fingerprint density at radius 3 is 2.71 bits per heavy atom. The Balaban J connectivity index is 2.00. The highest BCUT2D eigenvalue weighted by atomic mass is 16.6. The maximum Gasteiger partial charge on any atom is 0.296 e. The highest BCUT2D eigenvalue weighted by Gasteiger charge is 2.17. The van der Waals surface area contributed by atoms with Crippen molar-refractivity contribution < 1.29 is 14.8 Å². The molecule has 0 atom stereocenters. The lowest BCUT2D eigenvalue weighted by Gasteiger charge is -2.11. The van der Waals surface area contributed by atoms with E-state index in [0.717, 1.165) is 0 Å². The first kappa shape index (κ1) is 19.0. The van der Waals surface area contributed by atoms with Crippen molar-refractivity contribution in [2.45, 2.75) is 0 Å². The molecule has 0 saturated heterocycles. The van der Waals surface area contributed by atoms with Crippen LogP contribution >= 0.6 is 0 Å². The van der Waals surface area contributed by atoms with Gasteiger partial charge in [0.2, 0.25) is 5.95 Å². The van der Waals surface area contributed by atoms with Gasteiger partial charge in [0, 0.05) is 18.8 Å². The fourth-order valence-electron chi connectivity index (χ4n) is 2.44. The number of benzene rings is 1. The molecule has 3 N–H and O–H groups in total. The zero-order chi connectivity index (χ0) is 19.9. The predicted octanol–water partition coefficient (Wildman–Crippen LogP) is 2.60. The van der Waals surface area contributed by atoms with Gasteiger partial charge in [-0.05, 0) is 24.3 Å². The molecule has 0 radical (unpaired) electrons. The number of methoxy groups -OCH3 is 1. The minimum absolute atomic E-state index is 0.0934. The lowest BCUT2D eigenvalue weighted by atomic mass is 10.2. The Hall–Kier alpha value is -3.79. The first-order valence-electron chi connectivity index (χ1n) is 8.35. The predicted molar refractivity (Wildman–Crippen MR) is 104 cm³/mol. The summed E-state index contributed by atoms with van der Waals surface area (Å²) in [7, 11) is 1.44. The summed E-state index contributed by atoms with van der Waals surface area (Å²) in [6, 6.07) is 11.5. The fraction of sp³-hybridized carbons (Fsp3) is 0.167. The number of hydrogen-bond acceptors (Lipinski definition) is 9. The van der Waals surface area contributed by atoms with Gasteiger partial charge in [-0.25, -0.2) is 4.98 Å². The maximum atomic E-state index is 11.4. The van der Waals surface area contributed by atoms with Crippen LogP contribution < -0.4 is 15.4 Å². The summed E-state index contributed by atoms with van der Waals surface area (Å²) in [4.78, 5) is 23.9. The largest absolute Gasteiger partial charge is 0.496 e. The zero-order valence-electron chi connectivity index (χ0n) is 15.0.